The van der Waals surface area contributed by atoms with E-state index in [1.807, 2.05) is 0 Å². The van der Waals surface area contributed by atoms with Gasteiger partial charge in [0.15, 0.2) is 0 Å². The summed E-state index contributed by atoms with van der Waals surface area (Å²) >= 11 is 0. The number of phosphoric acid groups is 1. The Hall–Kier alpha value is -1.61. The summed E-state index contributed by atoms with van der Waals surface area (Å²) in [6.07, 6.45) is 29.6. The van der Waals surface area contributed by atoms with Crippen molar-refractivity contribution in [1.82, 2.24) is 0 Å². The molecular formula is C52H91O4P. The second kappa shape index (κ2) is 28.0. The van der Waals surface area contributed by atoms with E-state index < -0.39 is 7.82 Å². The summed E-state index contributed by atoms with van der Waals surface area (Å²) in [5, 5.41) is 0. The first-order valence-corrected chi connectivity index (χ1v) is 25.5. The molecule has 0 spiro atoms. The molecule has 4 nitrogen and oxygen atoms in total. The smallest absolute Gasteiger partial charge is 0.403 e. The van der Waals surface area contributed by atoms with Gasteiger partial charge in [0.2, 0.25) is 0 Å². The lowest BCUT2D eigenvalue weighted by Crippen LogP contribution is -2.18. The van der Waals surface area contributed by atoms with Crippen LogP contribution >= 0.6 is 7.82 Å². The van der Waals surface area contributed by atoms with Crippen molar-refractivity contribution in [1.29, 1.82) is 0 Å². The molecule has 0 aliphatic carbocycles. The normalized spacial score (nSPS) is 13.0. The Morgan fingerprint density at radius 1 is 0.526 bits per heavy atom. The third-order valence-electron chi connectivity index (χ3n) is 11.9. The third-order valence-corrected chi connectivity index (χ3v) is 13.3. The molecule has 0 radical (unpaired) electrons. The maximum absolute atomic E-state index is 15.0. The molecule has 57 heavy (non-hydrogen) atoms. The van der Waals surface area contributed by atoms with Gasteiger partial charge in [-0.2, -0.15) is 0 Å². The van der Waals surface area contributed by atoms with Gasteiger partial charge in [0.05, 0.1) is 13.2 Å². The van der Waals surface area contributed by atoms with Crippen LogP contribution in [0.2, 0.25) is 0 Å². The molecule has 2 rings (SSSR count). The fraction of sp³-hybridized carbons (Fsp3) is 0.769. The number of hydrogen-bond acceptors (Lipinski definition) is 4. The van der Waals surface area contributed by atoms with E-state index in [1.165, 1.54) is 132 Å². The first kappa shape index (κ1) is 51.5. The van der Waals surface area contributed by atoms with Crippen molar-refractivity contribution in [3.8, 4) is 5.75 Å². The van der Waals surface area contributed by atoms with E-state index in [4.69, 9.17) is 13.6 Å². The highest BCUT2D eigenvalue weighted by molar-refractivity contribution is 7.48. The first-order chi connectivity index (χ1) is 27.2. The lowest BCUT2D eigenvalue weighted by atomic mass is 9.76. The van der Waals surface area contributed by atoms with Crippen molar-refractivity contribution in [2.24, 2.45) is 0 Å². The topological polar surface area (TPSA) is 44.8 Å². The predicted octanol–water partition coefficient (Wildman–Crippen LogP) is 18.0. The van der Waals surface area contributed by atoms with Gasteiger partial charge in [-0.15, -0.1) is 0 Å². The van der Waals surface area contributed by atoms with Crippen LogP contribution in [0, 0.1) is 13.8 Å². The van der Waals surface area contributed by atoms with Crippen LogP contribution in [-0.2, 0) is 24.4 Å². The lowest BCUT2D eigenvalue weighted by Gasteiger charge is -2.32. The third kappa shape index (κ3) is 20.0. The number of phosphoric ester groups is 1. The van der Waals surface area contributed by atoms with E-state index in [0.29, 0.717) is 19.0 Å². The van der Waals surface area contributed by atoms with Crippen molar-refractivity contribution in [3.05, 3.63) is 63.7 Å². The minimum absolute atomic E-state index is 0.0285. The Balaban J connectivity index is 2.31. The van der Waals surface area contributed by atoms with E-state index in [0.717, 1.165) is 55.2 Å². The highest BCUT2D eigenvalue weighted by Gasteiger charge is 2.36. The Morgan fingerprint density at radius 3 is 1.35 bits per heavy atom. The van der Waals surface area contributed by atoms with E-state index in [2.05, 4.69) is 106 Å². The zero-order valence-corrected chi connectivity index (χ0v) is 40.3. The average Bonchev–Trinajstić information content (AvgIpc) is 3.14. The summed E-state index contributed by atoms with van der Waals surface area (Å²) < 4.78 is 34.5. The van der Waals surface area contributed by atoms with Gasteiger partial charge in [0, 0.05) is 17.0 Å². The predicted molar refractivity (Wildman–Crippen MR) is 250 cm³/mol. The molecule has 0 aliphatic heterocycles. The van der Waals surface area contributed by atoms with Crippen LogP contribution in [0.25, 0.3) is 0 Å². The van der Waals surface area contributed by atoms with Gasteiger partial charge in [0.25, 0.3) is 0 Å². The van der Waals surface area contributed by atoms with Crippen LogP contribution in [0.4, 0.5) is 0 Å². The van der Waals surface area contributed by atoms with Crippen molar-refractivity contribution < 1.29 is 18.1 Å². The Morgan fingerprint density at radius 2 is 0.947 bits per heavy atom. The molecule has 328 valence electrons. The fourth-order valence-corrected chi connectivity index (χ4v) is 9.44. The van der Waals surface area contributed by atoms with Gasteiger partial charge >= 0.3 is 7.82 Å². The molecule has 0 bridgehead atoms. The average molecular weight is 811 g/mol. The molecule has 0 saturated carbocycles. The van der Waals surface area contributed by atoms with Crippen LogP contribution in [0.5, 0.6) is 5.75 Å². The second-order valence-corrected chi connectivity index (χ2v) is 21.0. The Kier molecular flexibility index (Phi) is 25.3. The standard InChI is InChI=1S/C52H91O4P/c1-12-15-17-19-21-23-25-27-29-31-33-40-54-57(53,55-41-34-32-30-28-26-24-22-20-18-16-13-2)56-50-48(52(9,10)11)39-37-44(5)49(50)46(35-14-3)47-42-45(51(6,7)8)38-36-43(47)4/h36-39,42,46H,12-35,40-41H2,1-11H3. The van der Waals surface area contributed by atoms with E-state index in [1.54, 1.807) is 0 Å². The molecule has 0 aromatic heterocycles. The number of aryl methyl sites for hydroxylation is 2. The largest absolute Gasteiger partial charge is 0.530 e. The van der Waals surface area contributed by atoms with Gasteiger partial charge in [-0.3, -0.25) is 9.05 Å². The molecule has 1 unspecified atom stereocenters. The molecule has 0 heterocycles. The second-order valence-electron chi connectivity index (χ2n) is 19.4. The Bertz CT molecular complexity index is 1370. The number of rotatable bonds is 32. The van der Waals surface area contributed by atoms with E-state index >= 15 is 0 Å². The lowest BCUT2D eigenvalue weighted by molar-refractivity contribution is 0.149. The van der Waals surface area contributed by atoms with Gasteiger partial charge in [-0.05, 0) is 66.2 Å². The van der Waals surface area contributed by atoms with Crippen molar-refractivity contribution in [2.45, 2.75) is 247 Å². The summed E-state index contributed by atoms with van der Waals surface area (Å²) in [6.45, 7) is 25.5. The quantitative estimate of drug-likeness (QED) is 0.0545. The van der Waals surface area contributed by atoms with E-state index in [-0.39, 0.29) is 16.7 Å². The van der Waals surface area contributed by atoms with Crippen LogP contribution in [0.1, 0.15) is 256 Å². The van der Waals surface area contributed by atoms with Crippen molar-refractivity contribution >= 4 is 7.82 Å². The fourth-order valence-electron chi connectivity index (χ4n) is 8.13. The number of hydrogen-bond donors (Lipinski definition) is 0. The van der Waals surface area contributed by atoms with Crippen LogP contribution in [-0.4, -0.2) is 13.2 Å². The minimum atomic E-state index is -3.94. The van der Waals surface area contributed by atoms with Crippen molar-refractivity contribution in [3.63, 3.8) is 0 Å². The minimum Gasteiger partial charge on any atom is -0.403 e. The van der Waals surface area contributed by atoms with Crippen LogP contribution < -0.4 is 4.52 Å². The molecule has 2 aromatic rings. The van der Waals surface area contributed by atoms with Gasteiger partial charge in [-0.25, -0.2) is 4.57 Å². The Labute approximate surface area is 354 Å². The van der Waals surface area contributed by atoms with Crippen LogP contribution in [0.15, 0.2) is 30.3 Å². The zero-order chi connectivity index (χ0) is 42.2. The maximum Gasteiger partial charge on any atom is 0.530 e. The molecule has 0 amide bonds. The maximum atomic E-state index is 15.0. The van der Waals surface area contributed by atoms with Crippen LogP contribution in [0.3, 0.4) is 0 Å². The number of benzene rings is 2. The molecular weight excluding hydrogens is 720 g/mol. The van der Waals surface area contributed by atoms with Crippen molar-refractivity contribution in [2.75, 3.05) is 13.2 Å². The SMILES string of the molecule is CCCCCCCCCCCCCOP(=O)(OCCCCCCCCCCCCC)Oc1c(C(C)(C)C)ccc(C)c1C(CCC)c1cc(C(C)(C)C)ccc1C. The van der Waals surface area contributed by atoms with Gasteiger partial charge in [0.1, 0.15) is 5.75 Å². The van der Waals surface area contributed by atoms with E-state index in [9.17, 15) is 4.57 Å². The molecule has 0 N–H and O–H groups in total. The molecule has 1 atom stereocenters. The molecule has 0 fully saturated rings. The highest BCUT2D eigenvalue weighted by atomic mass is 31.2. The monoisotopic (exact) mass is 811 g/mol. The zero-order valence-electron chi connectivity index (χ0n) is 39.4. The molecule has 0 saturated heterocycles. The summed E-state index contributed by atoms with van der Waals surface area (Å²) in [5.74, 6) is 0.782. The van der Waals surface area contributed by atoms with Gasteiger partial charge < -0.3 is 4.52 Å². The number of unbranched alkanes of at least 4 members (excludes halogenated alkanes) is 20. The summed E-state index contributed by atoms with van der Waals surface area (Å²) in [4.78, 5) is 0. The first-order valence-electron chi connectivity index (χ1n) is 24.0. The summed E-state index contributed by atoms with van der Waals surface area (Å²) in [5.41, 5.74) is 7.03. The molecule has 2 aromatic carbocycles. The molecule has 5 heteroatoms. The summed E-state index contributed by atoms with van der Waals surface area (Å²) in [7, 11) is -3.94. The molecule has 0 aliphatic rings. The summed E-state index contributed by atoms with van der Waals surface area (Å²) in [6, 6.07) is 11.4. The highest BCUT2D eigenvalue weighted by Crippen LogP contribution is 2.55. The van der Waals surface area contributed by atoms with Gasteiger partial charge in [-0.1, -0.05) is 227 Å².